The topological polar surface area (TPSA) is 58.6 Å². The fourth-order valence-corrected chi connectivity index (χ4v) is 2.67. The van der Waals surface area contributed by atoms with E-state index in [2.05, 4.69) is 15.0 Å². The summed E-state index contributed by atoms with van der Waals surface area (Å²) in [5.74, 6) is 0.215. The summed E-state index contributed by atoms with van der Waals surface area (Å²) >= 11 is 1.28. The number of benzene rings is 1. The van der Waals surface area contributed by atoms with Crippen molar-refractivity contribution in [1.82, 2.24) is 15.0 Å². The van der Waals surface area contributed by atoms with Crippen molar-refractivity contribution in [3.05, 3.63) is 46.3 Å². The number of H-pyrrole nitrogens is 1. The Bertz CT molecular complexity index is 793. The summed E-state index contributed by atoms with van der Waals surface area (Å²) in [6.07, 6.45) is 0. The van der Waals surface area contributed by atoms with Crippen molar-refractivity contribution in [3.63, 3.8) is 0 Å². The molecule has 0 amide bonds. The first-order chi connectivity index (χ1) is 8.63. The van der Waals surface area contributed by atoms with Gasteiger partial charge in [0.25, 0.3) is 5.56 Å². The van der Waals surface area contributed by atoms with Crippen molar-refractivity contribution in [1.29, 1.82) is 0 Å². The molecule has 4 nitrogen and oxygen atoms in total. The van der Waals surface area contributed by atoms with E-state index in [1.807, 2.05) is 0 Å². The molecular formula is C12H8FN3OS. The molecule has 0 aliphatic rings. The highest BCUT2D eigenvalue weighted by atomic mass is 32.1. The van der Waals surface area contributed by atoms with Crippen molar-refractivity contribution in [2.75, 3.05) is 0 Å². The second kappa shape index (κ2) is 3.99. The zero-order valence-electron chi connectivity index (χ0n) is 9.40. The lowest BCUT2D eigenvalue weighted by molar-refractivity contribution is 0.628. The van der Waals surface area contributed by atoms with Crippen LogP contribution < -0.4 is 5.56 Å². The standard InChI is InChI=1S/C12H8FN3OS/c1-6-14-10(17)9-12(15-6)18-11(16-9)7-3-2-4-8(13)5-7/h2-5H,1H3,(H,14,15,17). The van der Waals surface area contributed by atoms with Crippen LogP contribution in [0, 0.1) is 12.7 Å². The summed E-state index contributed by atoms with van der Waals surface area (Å²) in [6.45, 7) is 1.71. The highest BCUT2D eigenvalue weighted by Gasteiger charge is 2.11. The van der Waals surface area contributed by atoms with Gasteiger partial charge in [0.2, 0.25) is 0 Å². The molecule has 2 aromatic heterocycles. The molecule has 90 valence electrons. The molecule has 6 heteroatoms. The first-order valence-electron chi connectivity index (χ1n) is 5.27. The highest BCUT2D eigenvalue weighted by Crippen LogP contribution is 2.27. The first kappa shape index (κ1) is 11.0. The molecule has 0 unspecified atom stereocenters. The van der Waals surface area contributed by atoms with Crippen LogP contribution in [-0.4, -0.2) is 15.0 Å². The van der Waals surface area contributed by atoms with Crippen LogP contribution in [0.25, 0.3) is 20.9 Å². The van der Waals surface area contributed by atoms with Crippen LogP contribution in [-0.2, 0) is 0 Å². The Labute approximate surface area is 105 Å². The number of rotatable bonds is 1. The van der Waals surface area contributed by atoms with Gasteiger partial charge < -0.3 is 4.98 Å². The molecule has 0 fully saturated rings. The van der Waals surface area contributed by atoms with Gasteiger partial charge in [0, 0.05) is 5.56 Å². The Morgan fingerprint density at radius 3 is 2.94 bits per heavy atom. The molecule has 0 atom stereocenters. The third-order valence-electron chi connectivity index (χ3n) is 2.46. The van der Waals surface area contributed by atoms with Gasteiger partial charge in [-0.15, -0.1) is 0 Å². The number of halogens is 1. The van der Waals surface area contributed by atoms with Crippen LogP contribution in [0.4, 0.5) is 4.39 Å². The van der Waals surface area contributed by atoms with Crippen molar-refractivity contribution < 1.29 is 4.39 Å². The largest absolute Gasteiger partial charge is 0.309 e. The molecule has 0 aliphatic carbocycles. The Morgan fingerprint density at radius 1 is 1.33 bits per heavy atom. The summed E-state index contributed by atoms with van der Waals surface area (Å²) in [4.78, 5) is 23.3. The molecule has 0 bridgehead atoms. The lowest BCUT2D eigenvalue weighted by Crippen LogP contribution is -2.08. The number of nitrogens with one attached hydrogen (secondary N) is 1. The smallest absolute Gasteiger partial charge is 0.278 e. The van der Waals surface area contributed by atoms with Gasteiger partial charge in [-0.25, -0.2) is 14.4 Å². The Kier molecular flexibility index (Phi) is 2.45. The lowest BCUT2D eigenvalue weighted by atomic mass is 10.2. The first-order valence-corrected chi connectivity index (χ1v) is 6.08. The van der Waals surface area contributed by atoms with Gasteiger partial charge in [0.1, 0.15) is 16.6 Å². The van der Waals surface area contributed by atoms with Crippen LogP contribution in [0.15, 0.2) is 29.1 Å². The average molecular weight is 261 g/mol. The van der Waals surface area contributed by atoms with Gasteiger partial charge in [-0.2, -0.15) is 0 Å². The molecule has 0 spiro atoms. The van der Waals surface area contributed by atoms with Gasteiger partial charge in [0.05, 0.1) is 0 Å². The fraction of sp³-hybridized carbons (Fsp3) is 0.0833. The number of aryl methyl sites for hydroxylation is 1. The van der Waals surface area contributed by atoms with Gasteiger partial charge >= 0.3 is 0 Å². The fourth-order valence-electron chi connectivity index (χ4n) is 1.68. The minimum Gasteiger partial charge on any atom is -0.309 e. The maximum atomic E-state index is 13.1. The number of aromatic amines is 1. The van der Waals surface area contributed by atoms with E-state index >= 15 is 0 Å². The highest BCUT2D eigenvalue weighted by molar-refractivity contribution is 7.21. The van der Waals surface area contributed by atoms with Crippen LogP contribution in [0.2, 0.25) is 0 Å². The number of hydrogen-bond donors (Lipinski definition) is 1. The zero-order chi connectivity index (χ0) is 12.7. The molecule has 3 aromatic rings. The van der Waals surface area contributed by atoms with Gasteiger partial charge in [-0.05, 0) is 19.1 Å². The van der Waals surface area contributed by atoms with Gasteiger partial charge in [-0.1, -0.05) is 23.5 Å². The molecule has 0 saturated carbocycles. The number of hydrogen-bond acceptors (Lipinski definition) is 4. The van der Waals surface area contributed by atoms with E-state index in [4.69, 9.17) is 0 Å². The zero-order valence-corrected chi connectivity index (χ0v) is 10.2. The van der Waals surface area contributed by atoms with Crippen LogP contribution in [0.3, 0.4) is 0 Å². The predicted molar refractivity (Wildman–Crippen MR) is 68.2 cm³/mol. The summed E-state index contributed by atoms with van der Waals surface area (Å²) in [5.41, 5.74) is 0.677. The van der Waals surface area contributed by atoms with E-state index in [-0.39, 0.29) is 11.4 Å². The quantitative estimate of drug-likeness (QED) is 0.732. The second-order valence-corrected chi connectivity index (χ2v) is 4.81. The van der Waals surface area contributed by atoms with Gasteiger partial charge in [-0.3, -0.25) is 4.79 Å². The number of nitrogens with zero attached hydrogens (tertiary/aromatic N) is 2. The number of thiazole rings is 1. The van der Waals surface area contributed by atoms with E-state index in [1.165, 1.54) is 23.5 Å². The Balaban J connectivity index is 2.26. The van der Waals surface area contributed by atoms with Crippen molar-refractivity contribution in [2.45, 2.75) is 6.92 Å². The SMILES string of the molecule is Cc1nc2sc(-c3cccc(F)c3)nc2c(=O)[nH]1. The van der Waals surface area contributed by atoms with Crippen molar-refractivity contribution >= 4 is 21.7 Å². The summed E-state index contributed by atoms with van der Waals surface area (Å²) in [5, 5.41) is 0.591. The maximum absolute atomic E-state index is 13.1. The molecule has 0 radical (unpaired) electrons. The molecule has 18 heavy (non-hydrogen) atoms. The predicted octanol–water partition coefficient (Wildman–Crippen LogP) is 2.49. The lowest BCUT2D eigenvalue weighted by Gasteiger charge is -1.94. The van der Waals surface area contributed by atoms with E-state index in [9.17, 15) is 9.18 Å². The van der Waals surface area contributed by atoms with Crippen molar-refractivity contribution in [2.24, 2.45) is 0 Å². The molecule has 2 heterocycles. The van der Waals surface area contributed by atoms with Crippen LogP contribution >= 0.6 is 11.3 Å². The van der Waals surface area contributed by atoms with E-state index in [0.29, 0.717) is 26.7 Å². The van der Waals surface area contributed by atoms with Crippen molar-refractivity contribution in [3.8, 4) is 10.6 Å². The molecular weight excluding hydrogens is 253 g/mol. The van der Waals surface area contributed by atoms with E-state index < -0.39 is 0 Å². The average Bonchev–Trinajstić information content (AvgIpc) is 2.73. The Hall–Kier alpha value is -2.08. The maximum Gasteiger partial charge on any atom is 0.278 e. The molecule has 3 rings (SSSR count). The Morgan fingerprint density at radius 2 is 2.17 bits per heavy atom. The summed E-state index contributed by atoms with van der Waals surface area (Å²) in [6, 6.07) is 6.12. The normalized spacial score (nSPS) is 11.0. The van der Waals surface area contributed by atoms with Gasteiger partial charge in [0.15, 0.2) is 10.3 Å². The van der Waals surface area contributed by atoms with Crippen LogP contribution in [0.1, 0.15) is 5.82 Å². The van der Waals surface area contributed by atoms with Crippen LogP contribution in [0.5, 0.6) is 0 Å². The number of aromatic nitrogens is 3. The minimum atomic E-state index is -0.329. The number of fused-ring (bicyclic) bond motifs is 1. The molecule has 1 aromatic carbocycles. The molecule has 0 aliphatic heterocycles. The third-order valence-corrected chi connectivity index (χ3v) is 3.46. The summed E-state index contributed by atoms with van der Waals surface area (Å²) < 4.78 is 13.1. The third kappa shape index (κ3) is 1.80. The monoisotopic (exact) mass is 261 g/mol. The minimum absolute atomic E-state index is 0.267. The second-order valence-electron chi connectivity index (χ2n) is 3.83. The summed E-state index contributed by atoms with van der Waals surface area (Å²) in [7, 11) is 0. The molecule has 1 N–H and O–H groups in total. The molecule has 0 saturated heterocycles. The van der Waals surface area contributed by atoms with E-state index in [1.54, 1.807) is 19.1 Å². The van der Waals surface area contributed by atoms with E-state index in [0.717, 1.165) is 0 Å².